The SMILES string of the molecule is N#Cc1ccccc1-c1cc(-c2ccccc2)cc(-c2c(-c3ccc4c(c3)oc3ccccc34)cccc2-c2ccc3oc4ccccc4c3c2)c1. The molecular formula is C49H29NO2. The molecule has 0 unspecified atom stereocenters. The monoisotopic (exact) mass is 663 g/mol. The van der Waals surface area contributed by atoms with Crippen molar-refractivity contribution >= 4 is 43.9 Å². The van der Waals surface area contributed by atoms with E-state index in [2.05, 4.69) is 127 Å². The van der Waals surface area contributed by atoms with Gasteiger partial charge < -0.3 is 8.83 Å². The van der Waals surface area contributed by atoms with Crippen molar-refractivity contribution in [3.05, 3.63) is 181 Å². The lowest BCUT2D eigenvalue weighted by Gasteiger charge is -2.19. The summed E-state index contributed by atoms with van der Waals surface area (Å²) in [6, 6.07) is 63.4. The molecule has 0 radical (unpaired) electrons. The second-order valence-electron chi connectivity index (χ2n) is 13.2. The molecule has 0 bridgehead atoms. The molecule has 242 valence electrons. The first kappa shape index (κ1) is 29.7. The Bertz CT molecular complexity index is 3030. The number of benzene rings is 8. The molecule has 3 heteroatoms. The van der Waals surface area contributed by atoms with Gasteiger partial charge in [-0.1, -0.05) is 115 Å². The second-order valence-corrected chi connectivity index (χ2v) is 13.2. The Balaban J connectivity index is 1.28. The standard InChI is InChI=1S/C49H29NO2/c50-30-34-13-4-5-14-38(34)36-25-35(31-11-2-1-3-12-31)26-37(27-36)49-39(32-22-24-47-44(28-32)42-16-7-9-20-46(42)51-47)17-10-18-40(49)33-21-23-43-41-15-6-8-19-45(41)52-48(43)29-33/h1-29H. The Labute approximate surface area is 300 Å². The van der Waals surface area contributed by atoms with Crippen LogP contribution in [-0.4, -0.2) is 0 Å². The second kappa shape index (κ2) is 12.0. The maximum Gasteiger partial charge on any atom is 0.136 e. The molecule has 8 aromatic carbocycles. The van der Waals surface area contributed by atoms with Gasteiger partial charge in [-0.25, -0.2) is 0 Å². The number of hydrogen-bond acceptors (Lipinski definition) is 3. The topological polar surface area (TPSA) is 50.1 Å². The van der Waals surface area contributed by atoms with E-state index in [9.17, 15) is 5.26 Å². The quantitative estimate of drug-likeness (QED) is 0.184. The van der Waals surface area contributed by atoms with Crippen LogP contribution in [0.4, 0.5) is 0 Å². The first-order valence-corrected chi connectivity index (χ1v) is 17.4. The van der Waals surface area contributed by atoms with Gasteiger partial charge in [-0.3, -0.25) is 0 Å². The number of nitrogens with zero attached hydrogens (tertiary/aromatic N) is 1. The zero-order valence-electron chi connectivity index (χ0n) is 28.0. The molecule has 0 N–H and O–H groups in total. The highest BCUT2D eigenvalue weighted by molar-refractivity contribution is 6.09. The van der Waals surface area contributed by atoms with Crippen molar-refractivity contribution in [2.75, 3.05) is 0 Å². The van der Waals surface area contributed by atoms with Gasteiger partial charge in [-0.05, 0) is 116 Å². The van der Waals surface area contributed by atoms with Crippen LogP contribution in [0.15, 0.2) is 185 Å². The highest BCUT2D eigenvalue weighted by atomic mass is 16.3. The normalized spacial score (nSPS) is 11.4. The zero-order chi connectivity index (χ0) is 34.6. The summed E-state index contributed by atoms with van der Waals surface area (Å²) in [6.07, 6.45) is 0. The fourth-order valence-corrected chi connectivity index (χ4v) is 7.69. The molecule has 0 saturated heterocycles. The third-order valence-corrected chi connectivity index (χ3v) is 10.1. The molecule has 2 heterocycles. The summed E-state index contributed by atoms with van der Waals surface area (Å²) >= 11 is 0. The van der Waals surface area contributed by atoms with Crippen molar-refractivity contribution in [2.24, 2.45) is 0 Å². The average Bonchev–Trinajstić information content (AvgIpc) is 3.78. The van der Waals surface area contributed by atoms with Gasteiger partial charge in [0.25, 0.3) is 0 Å². The molecule has 52 heavy (non-hydrogen) atoms. The lowest BCUT2D eigenvalue weighted by molar-refractivity contribution is 0.668. The number of rotatable bonds is 5. The lowest BCUT2D eigenvalue weighted by atomic mass is 9.84. The molecule has 0 aliphatic rings. The van der Waals surface area contributed by atoms with Crippen LogP contribution in [0.3, 0.4) is 0 Å². The predicted octanol–water partition coefficient (Wildman–Crippen LogP) is 13.7. The van der Waals surface area contributed by atoms with Gasteiger partial charge in [0.05, 0.1) is 11.6 Å². The van der Waals surface area contributed by atoms with E-state index in [0.29, 0.717) is 5.56 Å². The van der Waals surface area contributed by atoms with E-state index in [-0.39, 0.29) is 0 Å². The third-order valence-electron chi connectivity index (χ3n) is 10.1. The van der Waals surface area contributed by atoms with Crippen LogP contribution < -0.4 is 0 Å². The van der Waals surface area contributed by atoms with Crippen molar-refractivity contribution < 1.29 is 8.83 Å². The minimum Gasteiger partial charge on any atom is -0.456 e. The summed E-state index contributed by atoms with van der Waals surface area (Å²) in [7, 11) is 0. The van der Waals surface area contributed by atoms with E-state index in [1.54, 1.807) is 0 Å². The fourth-order valence-electron chi connectivity index (χ4n) is 7.69. The molecule has 0 aliphatic heterocycles. The molecule has 0 saturated carbocycles. The van der Waals surface area contributed by atoms with Crippen molar-refractivity contribution in [1.29, 1.82) is 5.26 Å². The summed E-state index contributed by atoms with van der Waals surface area (Å²) in [5, 5.41) is 14.5. The van der Waals surface area contributed by atoms with Crippen LogP contribution in [-0.2, 0) is 0 Å². The van der Waals surface area contributed by atoms with Gasteiger partial charge in [0.2, 0.25) is 0 Å². The van der Waals surface area contributed by atoms with E-state index in [1.807, 2.05) is 54.6 Å². The van der Waals surface area contributed by atoms with Gasteiger partial charge in [-0.2, -0.15) is 5.26 Å². The van der Waals surface area contributed by atoms with E-state index in [4.69, 9.17) is 8.83 Å². The number of furan rings is 2. The smallest absolute Gasteiger partial charge is 0.136 e. The maximum absolute atomic E-state index is 10.2. The first-order valence-electron chi connectivity index (χ1n) is 17.4. The van der Waals surface area contributed by atoms with Gasteiger partial charge in [0.15, 0.2) is 0 Å². The molecule has 2 aromatic heterocycles. The van der Waals surface area contributed by atoms with Gasteiger partial charge >= 0.3 is 0 Å². The summed E-state index contributed by atoms with van der Waals surface area (Å²) in [4.78, 5) is 0. The molecule has 0 amide bonds. The summed E-state index contributed by atoms with van der Waals surface area (Å²) in [6.45, 7) is 0. The average molecular weight is 664 g/mol. The predicted molar refractivity (Wildman–Crippen MR) is 213 cm³/mol. The molecule has 0 fully saturated rings. The largest absolute Gasteiger partial charge is 0.456 e. The van der Waals surface area contributed by atoms with E-state index in [1.165, 1.54) is 0 Å². The Hall–Kier alpha value is -7.15. The lowest BCUT2D eigenvalue weighted by Crippen LogP contribution is -1.93. The first-order chi connectivity index (χ1) is 25.7. The number of fused-ring (bicyclic) bond motifs is 6. The van der Waals surface area contributed by atoms with Crippen LogP contribution in [0.2, 0.25) is 0 Å². The van der Waals surface area contributed by atoms with Crippen LogP contribution >= 0.6 is 0 Å². The number of para-hydroxylation sites is 2. The van der Waals surface area contributed by atoms with Crippen LogP contribution in [0.25, 0.3) is 99.5 Å². The molecule has 10 rings (SSSR count). The van der Waals surface area contributed by atoms with E-state index >= 15 is 0 Å². The van der Waals surface area contributed by atoms with Gasteiger partial charge in [-0.15, -0.1) is 0 Å². The molecule has 10 aromatic rings. The highest BCUT2D eigenvalue weighted by Crippen LogP contribution is 2.45. The Kier molecular flexibility index (Phi) is 6.87. The van der Waals surface area contributed by atoms with Crippen molar-refractivity contribution in [3.63, 3.8) is 0 Å². The van der Waals surface area contributed by atoms with E-state index in [0.717, 1.165) is 99.5 Å². The van der Waals surface area contributed by atoms with Gasteiger partial charge in [0.1, 0.15) is 22.3 Å². The highest BCUT2D eigenvalue weighted by Gasteiger charge is 2.19. The van der Waals surface area contributed by atoms with Crippen molar-refractivity contribution in [1.82, 2.24) is 0 Å². The van der Waals surface area contributed by atoms with Gasteiger partial charge in [0, 0.05) is 21.5 Å². The van der Waals surface area contributed by atoms with Crippen LogP contribution in [0.5, 0.6) is 0 Å². The summed E-state index contributed by atoms with van der Waals surface area (Å²) in [5.41, 5.74) is 14.6. The Morgan fingerprint density at radius 3 is 1.67 bits per heavy atom. The maximum atomic E-state index is 10.2. The minimum atomic E-state index is 0.639. The van der Waals surface area contributed by atoms with Crippen LogP contribution in [0, 0.1) is 11.3 Å². The molecule has 0 spiro atoms. The fraction of sp³-hybridized carbons (Fsp3) is 0. The molecule has 3 nitrogen and oxygen atoms in total. The molecule has 0 atom stereocenters. The summed E-state index contributed by atoms with van der Waals surface area (Å²) in [5.74, 6) is 0. The number of hydrogen-bond donors (Lipinski definition) is 0. The molecular weight excluding hydrogens is 635 g/mol. The Morgan fingerprint density at radius 1 is 0.327 bits per heavy atom. The third kappa shape index (κ3) is 4.89. The van der Waals surface area contributed by atoms with Crippen molar-refractivity contribution in [3.8, 4) is 61.7 Å². The number of nitriles is 1. The van der Waals surface area contributed by atoms with Crippen molar-refractivity contribution in [2.45, 2.75) is 0 Å². The van der Waals surface area contributed by atoms with E-state index < -0.39 is 0 Å². The minimum absolute atomic E-state index is 0.639. The molecule has 0 aliphatic carbocycles. The summed E-state index contributed by atoms with van der Waals surface area (Å²) < 4.78 is 12.6. The zero-order valence-corrected chi connectivity index (χ0v) is 28.0. The Morgan fingerprint density at radius 2 is 0.885 bits per heavy atom. The van der Waals surface area contributed by atoms with Crippen LogP contribution in [0.1, 0.15) is 5.56 Å².